The van der Waals surface area contributed by atoms with Crippen molar-refractivity contribution in [2.75, 3.05) is 10.6 Å². The number of hydrogen-bond donors (Lipinski definition) is 2. The van der Waals surface area contributed by atoms with Crippen LogP contribution in [-0.4, -0.2) is 35.9 Å². The molecule has 0 saturated heterocycles. The minimum atomic E-state index is -4.65. The Hall–Kier alpha value is -3.88. The third-order valence-electron chi connectivity index (χ3n) is 4.68. The van der Waals surface area contributed by atoms with Gasteiger partial charge in [-0.3, -0.25) is 9.97 Å². The number of nitrogens with one attached hydrogen (secondary N) is 2. The highest BCUT2D eigenvalue weighted by Crippen LogP contribution is 2.47. The first-order valence-electron chi connectivity index (χ1n) is 9.75. The van der Waals surface area contributed by atoms with Crippen LogP contribution in [0.3, 0.4) is 0 Å². The van der Waals surface area contributed by atoms with Crippen molar-refractivity contribution in [1.82, 2.24) is 29.9 Å². The van der Waals surface area contributed by atoms with Crippen molar-refractivity contribution in [3.8, 4) is 17.6 Å². The average Bonchev–Trinajstić information content (AvgIpc) is 3.54. The lowest BCUT2D eigenvalue weighted by molar-refractivity contribution is -0.141. The van der Waals surface area contributed by atoms with Crippen LogP contribution >= 0.6 is 0 Å². The molecule has 1 fully saturated rings. The van der Waals surface area contributed by atoms with Crippen molar-refractivity contribution in [3.05, 3.63) is 42.1 Å². The van der Waals surface area contributed by atoms with Gasteiger partial charge in [-0.1, -0.05) is 0 Å². The van der Waals surface area contributed by atoms with Gasteiger partial charge in [0.05, 0.1) is 29.6 Å². The zero-order valence-electron chi connectivity index (χ0n) is 17.1. The molecule has 0 aliphatic heterocycles. The first-order valence-corrected chi connectivity index (χ1v) is 9.75. The maximum Gasteiger partial charge on any atom is 0.434 e. The maximum atomic E-state index is 13.1. The SMILES string of the molecule is CC(C)Nc1nc(Nc2ccnc(C3(C#N)CC3)c2)nc(-c2cncc(C(F)(F)F)n2)n1. The average molecular weight is 441 g/mol. The molecule has 1 aliphatic carbocycles. The molecule has 3 aromatic heterocycles. The van der Waals surface area contributed by atoms with E-state index in [9.17, 15) is 18.4 Å². The Labute approximate surface area is 181 Å². The molecule has 0 bridgehead atoms. The molecule has 2 N–H and O–H groups in total. The van der Waals surface area contributed by atoms with Crippen LogP contribution in [0.5, 0.6) is 0 Å². The van der Waals surface area contributed by atoms with Crippen molar-refractivity contribution in [2.45, 2.75) is 44.3 Å². The van der Waals surface area contributed by atoms with Crippen LogP contribution in [-0.2, 0) is 11.6 Å². The zero-order valence-corrected chi connectivity index (χ0v) is 17.1. The minimum Gasteiger partial charge on any atom is -0.352 e. The van der Waals surface area contributed by atoms with E-state index in [0.717, 1.165) is 19.0 Å². The van der Waals surface area contributed by atoms with Gasteiger partial charge in [0.1, 0.15) is 5.69 Å². The number of pyridine rings is 1. The van der Waals surface area contributed by atoms with E-state index in [1.54, 1.807) is 18.3 Å². The van der Waals surface area contributed by atoms with Crippen LogP contribution in [0.2, 0.25) is 0 Å². The Morgan fingerprint density at radius 3 is 2.50 bits per heavy atom. The van der Waals surface area contributed by atoms with Crippen molar-refractivity contribution in [2.24, 2.45) is 0 Å². The molecule has 0 spiro atoms. The van der Waals surface area contributed by atoms with E-state index in [1.807, 2.05) is 13.8 Å². The summed E-state index contributed by atoms with van der Waals surface area (Å²) in [6.07, 6.45) is 0.200. The van der Waals surface area contributed by atoms with Gasteiger partial charge in [0.15, 0.2) is 11.5 Å². The van der Waals surface area contributed by atoms with Gasteiger partial charge in [0.2, 0.25) is 11.9 Å². The molecule has 4 rings (SSSR count). The van der Waals surface area contributed by atoms with Gasteiger partial charge in [-0.25, -0.2) is 4.98 Å². The van der Waals surface area contributed by atoms with E-state index < -0.39 is 17.3 Å². The number of anilines is 3. The maximum absolute atomic E-state index is 13.1. The summed E-state index contributed by atoms with van der Waals surface area (Å²) < 4.78 is 39.2. The Kier molecular flexibility index (Phi) is 5.33. The normalized spacial score (nSPS) is 14.7. The molecular weight excluding hydrogens is 423 g/mol. The highest BCUT2D eigenvalue weighted by molar-refractivity contribution is 5.59. The fourth-order valence-electron chi connectivity index (χ4n) is 2.93. The Morgan fingerprint density at radius 2 is 1.84 bits per heavy atom. The Balaban J connectivity index is 1.71. The summed E-state index contributed by atoms with van der Waals surface area (Å²) in [5, 5.41) is 15.4. The van der Waals surface area contributed by atoms with Gasteiger partial charge >= 0.3 is 6.18 Å². The molecule has 32 heavy (non-hydrogen) atoms. The summed E-state index contributed by atoms with van der Waals surface area (Å²) in [7, 11) is 0. The van der Waals surface area contributed by atoms with Crippen molar-refractivity contribution in [3.63, 3.8) is 0 Å². The number of halogens is 3. The van der Waals surface area contributed by atoms with E-state index in [-0.39, 0.29) is 29.5 Å². The van der Waals surface area contributed by atoms with E-state index in [4.69, 9.17) is 0 Å². The molecule has 3 aromatic rings. The topological polar surface area (TPSA) is 125 Å². The van der Waals surface area contributed by atoms with Gasteiger partial charge in [-0.15, -0.1) is 0 Å². The predicted octanol–water partition coefficient (Wildman–Crippen LogP) is 3.86. The van der Waals surface area contributed by atoms with Crippen molar-refractivity contribution >= 4 is 17.6 Å². The van der Waals surface area contributed by atoms with Crippen LogP contribution in [0.1, 0.15) is 38.1 Å². The molecule has 0 unspecified atom stereocenters. The van der Waals surface area contributed by atoms with Gasteiger partial charge in [0.25, 0.3) is 0 Å². The summed E-state index contributed by atoms with van der Waals surface area (Å²) in [5.74, 6) is 0.183. The molecule has 3 heterocycles. The second kappa shape index (κ2) is 7.99. The number of nitrogens with zero attached hydrogens (tertiary/aromatic N) is 7. The van der Waals surface area contributed by atoms with Gasteiger partial charge < -0.3 is 10.6 Å². The van der Waals surface area contributed by atoms with E-state index in [2.05, 4.69) is 46.6 Å². The van der Waals surface area contributed by atoms with Gasteiger partial charge in [0, 0.05) is 17.9 Å². The van der Waals surface area contributed by atoms with E-state index in [1.165, 1.54) is 0 Å². The van der Waals surface area contributed by atoms with Gasteiger partial charge in [-0.2, -0.15) is 33.4 Å². The lowest BCUT2D eigenvalue weighted by atomic mass is 10.0. The highest BCUT2D eigenvalue weighted by atomic mass is 19.4. The van der Waals surface area contributed by atoms with Crippen LogP contribution in [0.15, 0.2) is 30.7 Å². The summed E-state index contributed by atoms with van der Waals surface area (Å²) in [6.45, 7) is 3.74. The lowest BCUT2D eigenvalue weighted by Gasteiger charge is -2.13. The monoisotopic (exact) mass is 441 g/mol. The summed E-state index contributed by atoms with van der Waals surface area (Å²) in [5.41, 5.74) is -0.634. The number of nitriles is 1. The van der Waals surface area contributed by atoms with Crippen LogP contribution in [0, 0.1) is 11.3 Å². The highest BCUT2D eigenvalue weighted by Gasteiger charge is 2.46. The van der Waals surface area contributed by atoms with Crippen molar-refractivity contribution < 1.29 is 13.2 Å². The molecule has 12 heteroatoms. The second-order valence-corrected chi connectivity index (χ2v) is 7.64. The van der Waals surface area contributed by atoms with Crippen molar-refractivity contribution in [1.29, 1.82) is 5.26 Å². The predicted molar refractivity (Wildman–Crippen MR) is 109 cm³/mol. The molecule has 9 nitrogen and oxygen atoms in total. The molecular formula is C20H18F3N9. The van der Waals surface area contributed by atoms with E-state index in [0.29, 0.717) is 17.6 Å². The molecule has 0 aromatic carbocycles. The Bertz CT molecular complexity index is 1180. The zero-order chi connectivity index (χ0) is 22.9. The molecule has 1 aliphatic rings. The first kappa shape index (κ1) is 21.4. The summed E-state index contributed by atoms with van der Waals surface area (Å²) >= 11 is 0. The molecule has 0 amide bonds. The van der Waals surface area contributed by atoms with Gasteiger partial charge in [-0.05, 0) is 38.8 Å². The number of hydrogen-bond acceptors (Lipinski definition) is 9. The van der Waals surface area contributed by atoms with Crippen LogP contribution in [0.4, 0.5) is 30.8 Å². The smallest absolute Gasteiger partial charge is 0.352 e. The third-order valence-corrected chi connectivity index (χ3v) is 4.68. The number of aromatic nitrogens is 6. The summed E-state index contributed by atoms with van der Waals surface area (Å²) in [4.78, 5) is 24.2. The number of alkyl halides is 3. The van der Waals surface area contributed by atoms with Crippen LogP contribution < -0.4 is 10.6 Å². The molecule has 1 saturated carbocycles. The lowest BCUT2D eigenvalue weighted by Crippen LogP contribution is -2.15. The largest absolute Gasteiger partial charge is 0.434 e. The second-order valence-electron chi connectivity index (χ2n) is 7.64. The third kappa shape index (κ3) is 4.56. The van der Waals surface area contributed by atoms with Crippen LogP contribution in [0.25, 0.3) is 11.5 Å². The standard InChI is InChI=1S/C20H18F3N9/c1-11(2)27-17-30-16(13-8-25-9-15(29-13)20(21,22)23)31-18(32-17)28-12-3-6-26-14(7-12)19(10-24)4-5-19/h3,6-9,11H,4-5H2,1-2H3,(H2,26,27,28,30,31,32). The van der Waals surface area contributed by atoms with E-state index >= 15 is 0 Å². The number of rotatable bonds is 6. The first-order chi connectivity index (χ1) is 15.2. The molecule has 0 radical (unpaired) electrons. The fourth-order valence-corrected chi connectivity index (χ4v) is 2.93. The summed E-state index contributed by atoms with van der Waals surface area (Å²) in [6, 6.07) is 5.67. The molecule has 0 atom stereocenters. The Morgan fingerprint density at radius 1 is 1.09 bits per heavy atom. The quantitative estimate of drug-likeness (QED) is 0.586. The molecule has 164 valence electrons. The minimum absolute atomic E-state index is 0.0384. The fraction of sp³-hybridized carbons (Fsp3) is 0.350.